The summed E-state index contributed by atoms with van der Waals surface area (Å²) in [7, 11) is 1.97. The van der Waals surface area contributed by atoms with Gasteiger partial charge in [-0.15, -0.1) is 0 Å². The summed E-state index contributed by atoms with van der Waals surface area (Å²) in [5.74, 6) is 1.91. The van der Waals surface area contributed by atoms with Gasteiger partial charge in [-0.3, -0.25) is 9.78 Å². The van der Waals surface area contributed by atoms with Crippen molar-refractivity contribution >= 4 is 34.4 Å². The van der Waals surface area contributed by atoms with E-state index in [-0.39, 0.29) is 5.91 Å². The molecular formula is C25H25N9O. The molecule has 10 nitrogen and oxygen atoms in total. The fourth-order valence-electron chi connectivity index (χ4n) is 5.73. The molecule has 0 aromatic carbocycles. The van der Waals surface area contributed by atoms with E-state index in [9.17, 15) is 4.79 Å². The lowest BCUT2D eigenvalue weighted by atomic mass is 10.0. The summed E-state index contributed by atoms with van der Waals surface area (Å²) in [6.45, 7) is 3.43. The van der Waals surface area contributed by atoms with Crippen molar-refractivity contribution in [1.82, 2.24) is 35.1 Å². The lowest BCUT2D eigenvalue weighted by molar-refractivity contribution is 0.0966. The highest BCUT2D eigenvalue weighted by Crippen LogP contribution is 2.36. The van der Waals surface area contributed by atoms with Gasteiger partial charge in [0.1, 0.15) is 11.5 Å². The van der Waals surface area contributed by atoms with Gasteiger partial charge >= 0.3 is 0 Å². The third-order valence-electron chi connectivity index (χ3n) is 7.46. The number of aromatic nitrogens is 5. The van der Waals surface area contributed by atoms with Crippen LogP contribution in [-0.2, 0) is 13.6 Å². The summed E-state index contributed by atoms with van der Waals surface area (Å²) in [6, 6.07) is 6.26. The Morgan fingerprint density at radius 2 is 2.03 bits per heavy atom. The minimum Gasteiger partial charge on any atom is -0.348 e. The summed E-state index contributed by atoms with van der Waals surface area (Å²) in [4.78, 5) is 33.8. The Labute approximate surface area is 201 Å². The van der Waals surface area contributed by atoms with Gasteiger partial charge in [0.15, 0.2) is 0 Å². The Morgan fingerprint density at radius 1 is 1.11 bits per heavy atom. The molecule has 2 saturated heterocycles. The molecule has 1 amide bonds. The molecule has 0 radical (unpaired) electrons. The number of carbonyl (C=O) groups is 1. The van der Waals surface area contributed by atoms with Gasteiger partial charge < -0.3 is 25.4 Å². The highest BCUT2D eigenvalue weighted by molar-refractivity contribution is 6.06. The lowest BCUT2D eigenvalue weighted by Gasteiger charge is -2.23. The van der Waals surface area contributed by atoms with Crippen molar-refractivity contribution in [2.75, 3.05) is 29.9 Å². The standard InChI is InChI=1S/C25H25N9O/c1-33-8-5-16-15(2-6-27-23(16)33)22-17-11-30-24(35)21(17)18(12-29-22)31-20-3-7-28-25(32-20)34-9-4-14-10-26-13-19(14)34/h2-3,5-8,12,14,19,26H,4,9-11,13H2,1H3,(H,30,35)(H,28,31,32)/t14-,19+/m0/s1. The molecule has 3 aliphatic rings. The molecule has 4 aromatic heterocycles. The van der Waals surface area contributed by atoms with E-state index < -0.39 is 0 Å². The normalized spacial score (nSPS) is 20.8. The molecule has 0 spiro atoms. The highest BCUT2D eigenvalue weighted by atomic mass is 16.1. The Bertz CT molecular complexity index is 1480. The number of carbonyl (C=O) groups excluding carboxylic acids is 1. The first-order valence-electron chi connectivity index (χ1n) is 12.0. The van der Waals surface area contributed by atoms with Crippen LogP contribution in [0.25, 0.3) is 22.3 Å². The SMILES string of the molecule is Cn1ccc2c(-c3ncc(Nc4ccnc(N5CC[C@H]6CNC[C@H]65)n4)c4c3CNC4=O)ccnc21. The van der Waals surface area contributed by atoms with E-state index in [1.807, 2.05) is 36.0 Å². The second kappa shape index (κ2) is 7.74. The minimum atomic E-state index is -0.113. The van der Waals surface area contributed by atoms with Crippen molar-refractivity contribution in [3.05, 3.63) is 54.1 Å². The molecule has 10 heteroatoms. The molecule has 0 bridgehead atoms. The van der Waals surface area contributed by atoms with Gasteiger partial charge in [0.25, 0.3) is 5.91 Å². The summed E-state index contributed by atoms with van der Waals surface area (Å²) in [5.41, 5.74) is 4.77. The summed E-state index contributed by atoms with van der Waals surface area (Å²) >= 11 is 0. The average molecular weight is 468 g/mol. The van der Waals surface area contributed by atoms with E-state index >= 15 is 0 Å². The van der Waals surface area contributed by atoms with E-state index in [1.165, 1.54) is 0 Å². The minimum absolute atomic E-state index is 0.113. The first-order valence-corrected chi connectivity index (χ1v) is 12.0. The van der Waals surface area contributed by atoms with Crippen LogP contribution in [-0.4, -0.2) is 56.1 Å². The van der Waals surface area contributed by atoms with Crippen LogP contribution in [0.15, 0.2) is 43.0 Å². The van der Waals surface area contributed by atoms with Gasteiger partial charge in [0.05, 0.1) is 23.1 Å². The van der Waals surface area contributed by atoms with E-state index in [1.54, 1.807) is 18.6 Å². The topological polar surface area (TPSA) is 113 Å². The maximum atomic E-state index is 12.9. The zero-order chi connectivity index (χ0) is 23.5. The molecule has 7 rings (SSSR count). The van der Waals surface area contributed by atoms with Gasteiger partial charge in [-0.25, -0.2) is 9.97 Å². The molecule has 0 saturated carbocycles. The molecule has 0 aliphatic carbocycles. The first-order chi connectivity index (χ1) is 17.2. The molecule has 2 atom stereocenters. The summed E-state index contributed by atoms with van der Waals surface area (Å²) in [6.07, 6.45) is 8.42. The van der Waals surface area contributed by atoms with Crippen molar-refractivity contribution in [2.45, 2.75) is 19.0 Å². The van der Waals surface area contributed by atoms with Crippen LogP contribution in [0.4, 0.5) is 17.5 Å². The van der Waals surface area contributed by atoms with Crippen LogP contribution in [0.2, 0.25) is 0 Å². The Morgan fingerprint density at radius 3 is 2.97 bits per heavy atom. The predicted molar refractivity (Wildman–Crippen MR) is 133 cm³/mol. The number of pyridine rings is 2. The van der Waals surface area contributed by atoms with Gasteiger partial charge in [-0.2, -0.15) is 4.98 Å². The Balaban J connectivity index is 1.25. The number of rotatable bonds is 4. The summed E-state index contributed by atoms with van der Waals surface area (Å²) < 4.78 is 1.98. The molecule has 4 aromatic rings. The number of hydrogen-bond donors (Lipinski definition) is 3. The van der Waals surface area contributed by atoms with Crippen LogP contribution < -0.4 is 20.9 Å². The highest BCUT2D eigenvalue weighted by Gasteiger charge is 2.38. The Hall–Kier alpha value is -4.05. The fourth-order valence-corrected chi connectivity index (χ4v) is 5.73. The Kier molecular flexibility index (Phi) is 4.50. The van der Waals surface area contributed by atoms with Crippen LogP contribution in [0, 0.1) is 5.92 Å². The number of amides is 1. The third kappa shape index (κ3) is 3.17. The second-order valence-corrected chi connectivity index (χ2v) is 9.41. The zero-order valence-electron chi connectivity index (χ0n) is 19.3. The average Bonchev–Trinajstić information content (AvgIpc) is 3.65. The van der Waals surface area contributed by atoms with Gasteiger partial charge in [0, 0.05) is 74.4 Å². The van der Waals surface area contributed by atoms with Crippen LogP contribution in [0.5, 0.6) is 0 Å². The largest absolute Gasteiger partial charge is 0.348 e. The fraction of sp³-hybridized carbons (Fsp3) is 0.320. The van der Waals surface area contributed by atoms with Gasteiger partial charge in [-0.1, -0.05) is 0 Å². The zero-order valence-corrected chi connectivity index (χ0v) is 19.3. The summed E-state index contributed by atoms with van der Waals surface area (Å²) in [5, 5.41) is 10.8. The van der Waals surface area contributed by atoms with Crippen molar-refractivity contribution < 1.29 is 4.79 Å². The number of anilines is 3. The van der Waals surface area contributed by atoms with Crippen LogP contribution in [0.3, 0.4) is 0 Å². The number of nitrogens with one attached hydrogen (secondary N) is 3. The quantitative estimate of drug-likeness (QED) is 0.419. The second-order valence-electron chi connectivity index (χ2n) is 9.41. The molecular weight excluding hydrogens is 442 g/mol. The van der Waals surface area contributed by atoms with Crippen molar-refractivity contribution in [1.29, 1.82) is 0 Å². The molecule has 3 N–H and O–H groups in total. The van der Waals surface area contributed by atoms with Crippen LogP contribution >= 0.6 is 0 Å². The van der Waals surface area contributed by atoms with E-state index in [0.717, 1.165) is 59.9 Å². The molecule has 35 heavy (non-hydrogen) atoms. The molecule has 7 heterocycles. The number of hydrogen-bond acceptors (Lipinski definition) is 8. The monoisotopic (exact) mass is 467 g/mol. The third-order valence-corrected chi connectivity index (χ3v) is 7.46. The maximum Gasteiger partial charge on any atom is 0.254 e. The van der Waals surface area contributed by atoms with Crippen molar-refractivity contribution in [3.63, 3.8) is 0 Å². The molecule has 3 aliphatic heterocycles. The maximum absolute atomic E-state index is 12.9. The van der Waals surface area contributed by atoms with Gasteiger partial charge in [-0.05, 0) is 30.5 Å². The molecule has 2 fully saturated rings. The van der Waals surface area contributed by atoms with Gasteiger partial charge in [0.2, 0.25) is 5.95 Å². The van der Waals surface area contributed by atoms with E-state index in [2.05, 4.69) is 30.8 Å². The predicted octanol–water partition coefficient (Wildman–Crippen LogP) is 2.21. The molecule has 176 valence electrons. The molecule has 0 unspecified atom stereocenters. The smallest absolute Gasteiger partial charge is 0.254 e. The van der Waals surface area contributed by atoms with Crippen molar-refractivity contribution in [3.8, 4) is 11.3 Å². The lowest BCUT2D eigenvalue weighted by Crippen LogP contribution is -2.35. The van der Waals surface area contributed by atoms with Crippen molar-refractivity contribution in [2.24, 2.45) is 13.0 Å². The van der Waals surface area contributed by atoms with E-state index in [4.69, 9.17) is 9.97 Å². The first kappa shape index (κ1) is 20.3. The number of aryl methyl sites for hydroxylation is 1. The number of nitrogens with zero attached hydrogens (tertiary/aromatic N) is 6. The number of fused-ring (bicyclic) bond motifs is 3. The van der Waals surface area contributed by atoms with E-state index in [0.29, 0.717) is 35.6 Å². The van der Waals surface area contributed by atoms with Crippen LogP contribution in [0.1, 0.15) is 22.3 Å².